The summed E-state index contributed by atoms with van der Waals surface area (Å²) in [5.74, 6) is 0.297. The van der Waals surface area contributed by atoms with Gasteiger partial charge in [0.05, 0.1) is 13.7 Å². The molecule has 6 heteroatoms. The minimum Gasteiger partial charge on any atom is -0.493 e. The number of hydrogen-bond donors (Lipinski definition) is 1. The molecular weight excluding hydrogens is 248 g/mol. The summed E-state index contributed by atoms with van der Waals surface area (Å²) in [7, 11) is 1.50. The summed E-state index contributed by atoms with van der Waals surface area (Å²) in [5.41, 5.74) is 4.25. The predicted octanol–water partition coefficient (Wildman–Crippen LogP) is 1.29. The highest BCUT2D eigenvalue weighted by molar-refractivity contribution is 5.67. The van der Waals surface area contributed by atoms with Gasteiger partial charge in [-0.05, 0) is 25.1 Å². The van der Waals surface area contributed by atoms with Crippen molar-refractivity contribution in [1.82, 2.24) is 0 Å². The van der Waals surface area contributed by atoms with E-state index >= 15 is 0 Å². The van der Waals surface area contributed by atoms with Gasteiger partial charge in [-0.1, -0.05) is 0 Å². The van der Waals surface area contributed by atoms with Gasteiger partial charge in [0.1, 0.15) is 6.07 Å². The van der Waals surface area contributed by atoms with Gasteiger partial charge in [0.25, 0.3) is 5.72 Å². The first-order chi connectivity index (χ1) is 8.96. The van der Waals surface area contributed by atoms with Gasteiger partial charge < -0.3 is 14.2 Å². The van der Waals surface area contributed by atoms with Crippen LogP contribution in [0, 0.1) is 11.3 Å². The molecule has 0 heterocycles. The van der Waals surface area contributed by atoms with E-state index in [4.69, 9.17) is 25.2 Å². The minimum absolute atomic E-state index is 0.314. The number of hydrogen-bond acceptors (Lipinski definition) is 6. The van der Waals surface area contributed by atoms with E-state index < -0.39 is 11.7 Å². The lowest BCUT2D eigenvalue weighted by atomic mass is 10.0. The zero-order chi connectivity index (χ0) is 14.5. The minimum atomic E-state index is -1.84. The Morgan fingerprint density at radius 1 is 1.47 bits per heavy atom. The summed E-state index contributed by atoms with van der Waals surface area (Å²) in [6.45, 7) is 3.43. The van der Waals surface area contributed by atoms with Crippen molar-refractivity contribution < 1.29 is 19.0 Å². The number of nitrogens with two attached hydrogens (primary N) is 1. The second kappa shape index (κ2) is 6.07. The first kappa shape index (κ1) is 14.8. The van der Waals surface area contributed by atoms with Crippen LogP contribution in [0.25, 0.3) is 0 Å². The Labute approximate surface area is 111 Å². The fourth-order valence-corrected chi connectivity index (χ4v) is 1.55. The number of methoxy groups -OCH3 is 1. The van der Waals surface area contributed by atoms with Crippen LogP contribution in [0.1, 0.15) is 19.4 Å². The zero-order valence-corrected chi connectivity index (χ0v) is 11.1. The molecule has 0 aliphatic heterocycles. The monoisotopic (exact) mass is 264 g/mol. The molecule has 6 nitrogen and oxygen atoms in total. The lowest BCUT2D eigenvalue weighted by molar-refractivity contribution is -0.152. The number of carbonyl (C=O) groups is 1. The largest absolute Gasteiger partial charge is 0.493 e. The second-order valence-electron chi connectivity index (χ2n) is 3.74. The highest BCUT2D eigenvalue weighted by Gasteiger charge is 2.32. The van der Waals surface area contributed by atoms with Crippen LogP contribution in [0.15, 0.2) is 18.2 Å². The van der Waals surface area contributed by atoms with Crippen molar-refractivity contribution >= 4 is 5.97 Å². The molecule has 1 rings (SSSR count). The molecule has 0 aromatic heterocycles. The smallest absolute Gasteiger partial charge is 0.305 e. The molecule has 0 saturated carbocycles. The molecular formula is C13H16N2O4. The number of nitrogens with zero attached hydrogens (tertiary/aromatic N) is 1. The number of esters is 1. The van der Waals surface area contributed by atoms with Crippen molar-refractivity contribution in [2.24, 2.45) is 5.73 Å². The van der Waals surface area contributed by atoms with Crippen molar-refractivity contribution in [2.75, 3.05) is 13.7 Å². The third-order valence-electron chi connectivity index (χ3n) is 2.36. The molecule has 1 unspecified atom stereocenters. The van der Waals surface area contributed by atoms with Crippen LogP contribution < -0.4 is 15.2 Å². The first-order valence-electron chi connectivity index (χ1n) is 5.67. The maximum atomic E-state index is 11.0. The Bertz CT molecular complexity index is 510. The number of rotatable bonds is 5. The second-order valence-corrected chi connectivity index (χ2v) is 3.74. The number of carbonyl (C=O) groups excluding carboxylic acids is 1. The molecule has 0 amide bonds. The zero-order valence-electron chi connectivity index (χ0n) is 11.1. The standard InChI is InChI=1S/C13H16N2O4/c1-4-18-12-7-10(5-6-11(12)17-3)13(15,8-14)19-9(2)16/h5-7H,4,15H2,1-3H3. The number of benzene rings is 1. The van der Waals surface area contributed by atoms with E-state index in [0.717, 1.165) is 0 Å². The van der Waals surface area contributed by atoms with Crippen molar-refractivity contribution in [3.63, 3.8) is 0 Å². The van der Waals surface area contributed by atoms with Gasteiger partial charge in [-0.15, -0.1) is 0 Å². The van der Waals surface area contributed by atoms with Gasteiger partial charge in [0.15, 0.2) is 11.5 Å². The maximum Gasteiger partial charge on any atom is 0.305 e. The van der Waals surface area contributed by atoms with Crippen LogP contribution in [0.3, 0.4) is 0 Å². The highest BCUT2D eigenvalue weighted by atomic mass is 16.6. The van der Waals surface area contributed by atoms with Crippen LogP contribution in [0.4, 0.5) is 0 Å². The number of nitriles is 1. The van der Waals surface area contributed by atoms with Crippen molar-refractivity contribution in [1.29, 1.82) is 5.26 Å². The summed E-state index contributed by atoms with van der Waals surface area (Å²) in [6.07, 6.45) is 0. The average Bonchev–Trinajstić information content (AvgIpc) is 2.38. The van der Waals surface area contributed by atoms with Crippen molar-refractivity contribution in [2.45, 2.75) is 19.6 Å². The average molecular weight is 264 g/mol. The normalized spacial score (nSPS) is 13.0. The van der Waals surface area contributed by atoms with E-state index in [9.17, 15) is 4.79 Å². The van der Waals surface area contributed by atoms with E-state index in [1.807, 2.05) is 6.92 Å². The molecule has 19 heavy (non-hydrogen) atoms. The molecule has 0 saturated heterocycles. The molecule has 0 fully saturated rings. The first-order valence-corrected chi connectivity index (χ1v) is 5.67. The molecule has 0 bridgehead atoms. The molecule has 1 aromatic carbocycles. The summed E-state index contributed by atoms with van der Waals surface area (Å²) in [6, 6.07) is 6.44. The van der Waals surface area contributed by atoms with E-state index in [1.54, 1.807) is 18.2 Å². The summed E-state index contributed by atoms with van der Waals surface area (Å²) in [4.78, 5) is 11.0. The fraction of sp³-hybridized carbons (Fsp3) is 0.385. The van der Waals surface area contributed by atoms with E-state index in [0.29, 0.717) is 23.7 Å². The Morgan fingerprint density at radius 3 is 2.63 bits per heavy atom. The van der Waals surface area contributed by atoms with Crippen LogP contribution in [-0.2, 0) is 15.3 Å². The Kier molecular flexibility index (Phi) is 4.73. The SMILES string of the molecule is CCOc1cc(C(N)(C#N)OC(C)=O)ccc1OC. The van der Waals surface area contributed by atoms with Crippen LogP contribution in [0.5, 0.6) is 11.5 Å². The van der Waals surface area contributed by atoms with E-state index in [2.05, 4.69) is 0 Å². The molecule has 1 aromatic rings. The highest BCUT2D eigenvalue weighted by Crippen LogP contribution is 2.32. The molecule has 0 spiro atoms. The van der Waals surface area contributed by atoms with Gasteiger partial charge in [-0.2, -0.15) is 5.26 Å². The Hall–Kier alpha value is -2.26. The molecule has 2 N–H and O–H groups in total. The quantitative estimate of drug-likeness (QED) is 0.636. The van der Waals surface area contributed by atoms with E-state index in [1.165, 1.54) is 20.1 Å². The van der Waals surface area contributed by atoms with Crippen LogP contribution in [0.2, 0.25) is 0 Å². The lowest BCUT2D eigenvalue weighted by Gasteiger charge is -2.22. The Balaban J connectivity index is 3.22. The molecule has 0 radical (unpaired) electrons. The van der Waals surface area contributed by atoms with Gasteiger partial charge in [-0.3, -0.25) is 10.5 Å². The molecule has 102 valence electrons. The van der Waals surface area contributed by atoms with Crippen LogP contribution in [-0.4, -0.2) is 19.7 Å². The topological polar surface area (TPSA) is 94.6 Å². The summed E-state index contributed by atoms with van der Waals surface area (Å²) >= 11 is 0. The summed E-state index contributed by atoms with van der Waals surface area (Å²) < 4.78 is 15.4. The molecule has 1 atom stereocenters. The third-order valence-corrected chi connectivity index (χ3v) is 2.36. The van der Waals surface area contributed by atoms with Gasteiger partial charge in [0.2, 0.25) is 0 Å². The van der Waals surface area contributed by atoms with Gasteiger partial charge >= 0.3 is 5.97 Å². The van der Waals surface area contributed by atoms with E-state index in [-0.39, 0.29) is 0 Å². The molecule has 0 aliphatic rings. The van der Waals surface area contributed by atoms with Crippen molar-refractivity contribution in [3.8, 4) is 17.6 Å². The van der Waals surface area contributed by atoms with Crippen LogP contribution >= 0.6 is 0 Å². The summed E-state index contributed by atoms with van der Waals surface area (Å²) in [5, 5.41) is 9.11. The van der Waals surface area contributed by atoms with Gasteiger partial charge in [0, 0.05) is 12.5 Å². The fourth-order valence-electron chi connectivity index (χ4n) is 1.55. The van der Waals surface area contributed by atoms with Crippen molar-refractivity contribution in [3.05, 3.63) is 23.8 Å². The number of ether oxygens (including phenoxy) is 3. The predicted molar refractivity (Wildman–Crippen MR) is 67.4 cm³/mol. The lowest BCUT2D eigenvalue weighted by Crippen LogP contribution is -2.39. The van der Waals surface area contributed by atoms with Gasteiger partial charge in [-0.25, -0.2) is 0 Å². The Morgan fingerprint density at radius 2 is 2.16 bits per heavy atom. The molecule has 0 aliphatic carbocycles. The third kappa shape index (κ3) is 3.36. The maximum absolute atomic E-state index is 11.0.